The van der Waals surface area contributed by atoms with Gasteiger partial charge in [0.1, 0.15) is 5.82 Å². The molecule has 6 heteroatoms. The highest BCUT2D eigenvalue weighted by molar-refractivity contribution is 6.17. The summed E-state index contributed by atoms with van der Waals surface area (Å²) in [7, 11) is 1.69. The largest absolute Gasteiger partial charge is 0.345 e. The number of amides is 2. The maximum Gasteiger partial charge on any atom is 0.232 e. The molecule has 1 aliphatic heterocycles. The third-order valence-electron chi connectivity index (χ3n) is 3.61. The third kappa shape index (κ3) is 3.73. The first-order chi connectivity index (χ1) is 10.0. The smallest absolute Gasteiger partial charge is 0.232 e. The van der Waals surface area contributed by atoms with Crippen molar-refractivity contribution in [1.29, 1.82) is 0 Å². The van der Waals surface area contributed by atoms with E-state index in [1.54, 1.807) is 29.0 Å². The Morgan fingerprint density at radius 1 is 1.43 bits per heavy atom. The summed E-state index contributed by atoms with van der Waals surface area (Å²) in [6, 6.07) is 5.79. The standard InChI is InChI=1S/C15H18ClFN2O2/c1-18-10-11(9-14(18)20)15(21)19(8-2-7-16)13-5-3-12(17)4-6-13/h3-6,11H,2,7-10H2,1H3. The highest BCUT2D eigenvalue weighted by atomic mass is 35.5. The van der Waals surface area contributed by atoms with E-state index in [-0.39, 0.29) is 30.0 Å². The number of halogens is 2. The average molecular weight is 313 g/mol. The van der Waals surface area contributed by atoms with E-state index in [0.717, 1.165) is 0 Å². The molecule has 21 heavy (non-hydrogen) atoms. The third-order valence-corrected chi connectivity index (χ3v) is 3.88. The van der Waals surface area contributed by atoms with Gasteiger partial charge < -0.3 is 9.80 Å². The van der Waals surface area contributed by atoms with Crippen molar-refractivity contribution in [2.45, 2.75) is 12.8 Å². The van der Waals surface area contributed by atoms with Crippen molar-refractivity contribution in [3.63, 3.8) is 0 Å². The van der Waals surface area contributed by atoms with Crippen molar-refractivity contribution >= 4 is 29.1 Å². The lowest BCUT2D eigenvalue weighted by atomic mass is 10.1. The van der Waals surface area contributed by atoms with Gasteiger partial charge in [-0.15, -0.1) is 11.6 Å². The molecule has 1 saturated heterocycles. The van der Waals surface area contributed by atoms with Crippen LogP contribution in [0.5, 0.6) is 0 Å². The van der Waals surface area contributed by atoms with Crippen molar-refractivity contribution in [2.75, 3.05) is 30.9 Å². The number of carbonyl (C=O) groups is 2. The lowest BCUT2D eigenvalue weighted by Gasteiger charge is -2.25. The number of benzene rings is 1. The van der Waals surface area contributed by atoms with Crippen LogP contribution in [0, 0.1) is 11.7 Å². The monoisotopic (exact) mass is 312 g/mol. The van der Waals surface area contributed by atoms with Gasteiger partial charge in [-0.25, -0.2) is 4.39 Å². The molecule has 0 N–H and O–H groups in total. The highest BCUT2D eigenvalue weighted by Gasteiger charge is 2.35. The minimum absolute atomic E-state index is 0.0234. The van der Waals surface area contributed by atoms with E-state index in [4.69, 9.17) is 11.6 Å². The van der Waals surface area contributed by atoms with Crippen LogP contribution in [0.2, 0.25) is 0 Å². The summed E-state index contributed by atoms with van der Waals surface area (Å²) in [5.41, 5.74) is 0.633. The fraction of sp³-hybridized carbons (Fsp3) is 0.467. The summed E-state index contributed by atoms with van der Waals surface area (Å²) >= 11 is 5.71. The Labute approximate surface area is 128 Å². The Hall–Kier alpha value is -1.62. The molecule has 1 heterocycles. The van der Waals surface area contributed by atoms with Crippen LogP contribution >= 0.6 is 11.6 Å². The molecule has 0 radical (unpaired) electrons. The molecule has 1 unspecified atom stereocenters. The van der Waals surface area contributed by atoms with Crippen LogP contribution in [0.25, 0.3) is 0 Å². The number of hydrogen-bond donors (Lipinski definition) is 0. The molecule has 0 aromatic heterocycles. The van der Waals surface area contributed by atoms with Gasteiger partial charge in [0.25, 0.3) is 0 Å². The van der Waals surface area contributed by atoms with Gasteiger partial charge in [0.15, 0.2) is 0 Å². The highest BCUT2D eigenvalue weighted by Crippen LogP contribution is 2.23. The number of alkyl halides is 1. The molecular weight excluding hydrogens is 295 g/mol. The van der Waals surface area contributed by atoms with Crippen molar-refractivity contribution in [1.82, 2.24) is 4.90 Å². The molecule has 4 nitrogen and oxygen atoms in total. The van der Waals surface area contributed by atoms with E-state index in [1.165, 1.54) is 12.1 Å². The second-order valence-electron chi connectivity index (χ2n) is 5.18. The van der Waals surface area contributed by atoms with E-state index in [2.05, 4.69) is 0 Å². The normalized spacial score (nSPS) is 18.1. The van der Waals surface area contributed by atoms with E-state index in [9.17, 15) is 14.0 Å². The number of anilines is 1. The summed E-state index contributed by atoms with van der Waals surface area (Å²) in [6.07, 6.45) is 0.870. The minimum atomic E-state index is -0.348. The first-order valence-corrected chi connectivity index (χ1v) is 7.43. The lowest BCUT2D eigenvalue weighted by molar-refractivity contribution is -0.127. The molecule has 1 aromatic rings. The molecular formula is C15H18ClFN2O2. The van der Waals surface area contributed by atoms with Crippen molar-refractivity contribution < 1.29 is 14.0 Å². The van der Waals surface area contributed by atoms with Gasteiger partial charge in [-0.05, 0) is 30.7 Å². The molecule has 1 aromatic carbocycles. The van der Waals surface area contributed by atoms with Crippen molar-refractivity contribution in [3.8, 4) is 0 Å². The quantitative estimate of drug-likeness (QED) is 0.783. The van der Waals surface area contributed by atoms with Crippen LogP contribution in [-0.2, 0) is 9.59 Å². The summed E-state index contributed by atoms with van der Waals surface area (Å²) in [5, 5.41) is 0. The van der Waals surface area contributed by atoms with Gasteiger partial charge in [0.2, 0.25) is 11.8 Å². The van der Waals surface area contributed by atoms with Crippen LogP contribution in [-0.4, -0.2) is 42.7 Å². The van der Waals surface area contributed by atoms with Gasteiger partial charge >= 0.3 is 0 Å². The summed E-state index contributed by atoms with van der Waals surface area (Å²) in [4.78, 5) is 27.4. The van der Waals surface area contributed by atoms with E-state index in [0.29, 0.717) is 31.1 Å². The van der Waals surface area contributed by atoms with Gasteiger partial charge in [-0.2, -0.15) is 0 Å². The first-order valence-electron chi connectivity index (χ1n) is 6.90. The van der Waals surface area contributed by atoms with E-state index in [1.807, 2.05) is 0 Å². The summed E-state index contributed by atoms with van der Waals surface area (Å²) in [5.74, 6) is -0.384. The summed E-state index contributed by atoms with van der Waals surface area (Å²) in [6.45, 7) is 0.888. The fourth-order valence-electron chi connectivity index (χ4n) is 2.45. The maximum atomic E-state index is 13.0. The molecule has 0 saturated carbocycles. The van der Waals surface area contributed by atoms with Crippen LogP contribution in [0.15, 0.2) is 24.3 Å². The Bertz CT molecular complexity index is 521. The van der Waals surface area contributed by atoms with Crippen molar-refractivity contribution in [3.05, 3.63) is 30.1 Å². The molecule has 1 atom stereocenters. The molecule has 1 aliphatic rings. The Balaban J connectivity index is 2.17. The predicted octanol–water partition coefficient (Wildman–Crippen LogP) is 2.27. The topological polar surface area (TPSA) is 40.6 Å². The van der Waals surface area contributed by atoms with Crippen LogP contribution in [0.1, 0.15) is 12.8 Å². The lowest BCUT2D eigenvalue weighted by Crippen LogP contribution is -2.38. The zero-order valence-corrected chi connectivity index (χ0v) is 12.6. The Morgan fingerprint density at radius 3 is 2.62 bits per heavy atom. The van der Waals surface area contributed by atoms with Crippen molar-refractivity contribution in [2.24, 2.45) is 5.92 Å². The predicted molar refractivity (Wildman–Crippen MR) is 79.8 cm³/mol. The minimum Gasteiger partial charge on any atom is -0.345 e. The van der Waals surface area contributed by atoms with Gasteiger partial charge in [0.05, 0.1) is 5.92 Å². The van der Waals surface area contributed by atoms with Gasteiger partial charge in [0, 0.05) is 38.1 Å². The van der Waals surface area contributed by atoms with Crippen LogP contribution < -0.4 is 4.90 Å². The summed E-state index contributed by atoms with van der Waals surface area (Å²) < 4.78 is 13.0. The number of carbonyl (C=O) groups excluding carboxylic acids is 2. The average Bonchev–Trinajstić information content (AvgIpc) is 2.80. The number of rotatable bonds is 5. The van der Waals surface area contributed by atoms with E-state index >= 15 is 0 Å². The molecule has 0 aliphatic carbocycles. The molecule has 1 fully saturated rings. The van der Waals surface area contributed by atoms with Crippen LogP contribution in [0.3, 0.4) is 0 Å². The Morgan fingerprint density at radius 2 is 2.10 bits per heavy atom. The molecule has 114 valence electrons. The fourth-order valence-corrected chi connectivity index (χ4v) is 2.57. The first kappa shape index (κ1) is 15.8. The zero-order chi connectivity index (χ0) is 15.4. The second kappa shape index (κ2) is 6.89. The van der Waals surface area contributed by atoms with Crippen LogP contribution in [0.4, 0.5) is 10.1 Å². The zero-order valence-electron chi connectivity index (χ0n) is 11.9. The molecule has 0 spiro atoms. The number of hydrogen-bond acceptors (Lipinski definition) is 2. The maximum absolute atomic E-state index is 13.0. The number of likely N-dealkylation sites (tertiary alicyclic amines) is 1. The molecule has 0 bridgehead atoms. The van der Waals surface area contributed by atoms with Gasteiger partial charge in [-0.1, -0.05) is 0 Å². The number of nitrogens with zero attached hydrogens (tertiary/aromatic N) is 2. The SMILES string of the molecule is CN1CC(C(=O)N(CCCCl)c2ccc(F)cc2)CC1=O. The Kier molecular flexibility index (Phi) is 5.17. The molecule has 2 amide bonds. The molecule has 2 rings (SSSR count). The van der Waals surface area contributed by atoms with E-state index < -0.39 is 0 Å². The van der Waals surface area contributed by atoms with Gasteiger partial charge in [-0.3, -0.25) is 9.59 Å². The second-order valence-corrected chi connectivity index (χ2v) is 5.56.